The molecule has 1 aromatic heterocycles. The first-order valence-electron chi connectivity index (χ1n) is 8.90. The van der Waals surface area contributed by atoms with E-state index in [1.54, 1.807) is 6.07 Å². The molecule has 3 aromatic rings. The van der Waals surface area contributed by atoms with Gasteiger partial charge in [0, 0.05) is 25.2 Å². The Balaban J connectivity index is 1.51. The number of aryl methyl sites for hydroxylation is 1. The zero-order chi connectivity index (χ0) is 18.3. The summed E-state index contributed by atoms with van der Waals surface area (Å²) in [5, 5.41) is 3.07. The molecular weight excluding hydrogens is 326 g/mol. The predicted octanol–water partition coefficient (Wildman–Crippen LogP) is 2.55. The second-order valence-electron chi connectivity index (χ2n) is 6.76. The quantitative estimate of drug-likeness (QED) is 0.759. The third-order valence-corrected chi connectivity index (χ3v) is 5.18. The van der Waals surface area contributed by atoms with Crippen molar-refractivity contribution in [1.29, 1.82) is 0 Å². The van der Waals surface area contributed by atoms with Gasteiger partial charge in [0.1, 0.15) is 0 Å². The number of benzene rings is 2. The number of rotatable bonds is 4. The zero-order valence-corrected chi connectivity index (χ0v) is 15.1. The number of hydrogen-bond donors (Lipinski definition) is 2. The van der Waals surface area contributed by atoms with Gasteiger partial charge >= 0.3 is 0 Å². The van der Waals surface area contributed by atoms with Gasteiger partial charge in [-0.3, -0.25) is 9.69 Å². The van der Waals surface area contributed by atoms with Gasteiger partial charge in [-0.2, -0.15) is 0 Å². The summed E-state index contributed by atoms with van der Waals surface area (Å²) in [4.78, 5) is 19.3. The van der Waals surface area contributed by atoms with Crippen LogP contribution in [0.25, 0.3) is 11.0 Å². The van der Waals surface area contributed by atoms with Crippen LogP contribution in [0.15, 0.2) is 42.5 Å². The van der Waals surface area contributed by atoms with E-state index in [0.717, 1.165) is 24.1 Å². The van der Waals surface area contributed by atoms with Crippen LogP contribution in [-0.4, -0.2) is 34.0 Å². The van der Waals surface area contributed by atoms with Crippen molar-refractivity contribution in [2.75, 3.05) is 19.3 Å². The Morgan fingerprint density at radius 3 is 2.92 bits per heavy atom. The average Bonchev–Trinajstić information content (AvgIpc) is 3.13. The molecule has 134 valence electrons. The van der Waals surface area contributed by atoms with E-state index in [9.17, 15) is 4.79 Å². The summed E-state index contributed by atoms with van der Waals surface area (Å²) >= 11 is 0. The van der Waals surface area contributed by atoms with Gasteiger partial charge in [0.05, 0.1) is 17.1 Å². The summed E-state index contributed by atoms with van der Waals surface area (Å²) in [6.45, 7) is 4.27. The third kappa shape index (κ3) is 2.72. The summed E-state index contributed by atoms with van der Waals surface area (Å²) in [6, 6.07) is 14.1. The normalized spacial score (nSPS) is 16.8. The minimum Gasteiger partial charge on any atom is -0.369 e. The van der Waals surface area contributed by atoms with Gasteiger partial charge in [0.25, 0.3) is 5.91 Å². The molecule has 1 unspecified atom stereocenters. The molecule has 0 bridgehead atoms. The first-order chi connectivity index (χ1) is 12.6. The molecule has 4 rings (SSSR count). The lowest BCUT2D eigenvalue weighted by atomic mass is 10.0. The second kappa shape index (κ2) is 6.46. The lowest BCUT2D eigenvalue weighted by molar-refractivity contribution is 0.0941. The number of nitrogens with two attached hydrogens (primary N) is 1. The molecule has 0 aliphatic carbocycles. The van der Waals surface area contributed by atoms with E-state index in [-0.39, 0.29) is 11.9 Å². The first kappa shape index (κ1) is 16.6. The summed E-state index contributed by atoms with van der Waals surface area (Å²) < 4.78 is 1.93. The molecule has 0 saturated carbocycles. The highest BCUT2D eigenvalue weighted by Gasteiger charge is 2.27. The van der Waals surface area contributed by atoms with Crippen molar-refractivity contribution in [3.63, 3.8) is 0 Å². The Morgan fingerprint density at radius 2 is 2.12 bits per heavy atom. The molecule has 2 heterocycles. The maximum absolute atomic E-state index is 12.6. The number of imidazole rings is 1. The van der Waals surface area contributed by atoms with Crippen LogP contribution < -0.4 is 11.1 Å². The summed E-state index contributed by atoms with van der Waals surface area (Å²) in [5.74, 6) is 0.388. The van der Waals surface area contributed by atoms with E-state index in [2.05, 4.69) is 46.5 Å². The molecular formula is C20H23N5O. The minimum atomic E-state index is -0.0886. The number of nitrogens with one attached hydrogen (secondary N) is 1. The number of nitrogen functional groups attached to an aromatic ring is 1. The van der Waals surface area contributed by atoms with Crippen molar-refractivity contribution >= 4 is 22.9 Å². The standard InChI is InChI=1S/C20H23N5O/c1-3-25-17-9-8-13(10-16(17)23-20(25)21)19(26)22-11-18-15-7-5-4-6-14(15)12-24(18)2/h4-10,18H,3,11-12H2,1-2H3,(H2,21,23)(H,22,26). The number of fused-ring (bicyclic) bond motifs is 2. The van der Waals surface area contributed by atoms with Crippen molar-refractivity contribution < 1.29 is 4.79 Å². The highest BCUT2D eigenvalue weighted by molar-refractivity contribution is 5.97. The maximum Gasteiger partial charge on any atom is 0.251 e. The van der Waals surface area contributed by atoms with Gasteiger partial charge in [0.2, 0.25) is 5.95 Å². The van der Waals surface area contributed by atoms with Crippen LogP contribution in [0, 0.1) is 0 Å². The molecule has 6 nitrogen and oxygen atoms in total. The average molecular weight is 349 g/mol. The van der Waals surface area contributed by atoms with Crippen molar-refractivity contribution in [2.45, 2.75) is 26.1 Å². The number of hydrogen-bond acceptors (Lipinski definition) is 4. The van der Waals surface area contributed by atoms with E-state index in [1.165, 1.54) is 11.1 Å². The third-order valence-electron chi connectivity index (χ3n) is 5.18. The van der Waals surface area contributed by atoms with Crippen molar-refractivity contribution in [3.05, 3.63) is 59.2 Å². The van der Waals surface area contributed by atoms with Gasteiger partial charge < -0.3 is 15.6 Å². The van der Waals surface area contributed by atoms with Crippen LogP contribution in [0.2, 0.25) is 0 Å². The monoisotopic (exact) mass is 349 g/mol. The number of anilines is 1. The Morgan fingerprint density at radius 1 is 1.31 bits per heavy atom. The highest BCUT2D eigenvalue weighted by Crippen LogP contribution is 2.31. The van der Waals surface area contributed by atoms with Crippen molar-refractivity contribution in [3.8, 4) is 0 Å². The predicted molar refractivity (Wildman–Crippen MR) is 103 cm³/mol. The number of amides is 1. The summed E-state index contributed by atoms with van der Waals surface area (Å²) in [5.41, 5.74) is 10.9. The maximum atomic E-state index is 12.6. The largest absolute Gasteiger partial charge is 0.369 e. The molecule has 3 N–H and O–H groups in total. The molecule has 1 aliphatic rings. The number of carbonyl (C=O) groups excluding carboxylic acids is 1. The molecule has 0 spiro atoms. The van der Waals surface area contributed by atoms with Gasteiger partial charge in [-0.25, -0.2) is 4.98 Å². The molecule has 6 heteroatoms. The number of carbonyl (C=O) groups is 1. The summed E-state index contributed by atoms with van der Waals surface area (Å²) in [7, 11) is 2.09. The van der Waals surface area contributed by atoms with Gasteiger partial charge in [-0.05, 0) is 43.3 Å². The van der Waals surface area contributed by atoms with E-state index in [4.69, 9.17) is 5.73 Å². The first-order valence-corrected chi connectivity index (χ1v) is 8.90. The topological polar surface area (TPSA) is 76.2 Å². The molecule has 1 aliphatic heterocycles. The fourth-order valence-corrected chi connectivity index (χ4v) is 3.80. The fourth-order valence-electron chi connectivity index (χ4n) is 3.80. The lowest BCUT2D eigenvalue weighted by Crippen LogP contribution is -2.32. The zero-order valence-electron chi connectivity index (χ0n) is 15.1. The van der Waals surface area contributed by atoms with E-state index < -0.39 is 0 Å². The van der Waals surface area contributed by atoms with Crippen LogP contribution in [-0.2, 0) is 13.1 Å². The molecule has 0 radical (unpaired) electrons. The lowest BCUT2D eigenvalue weighted by Gasteiger charge is -2.20. The van der Waals surface area contributed by atoms with E-state index >= 15 is 0 Å². The van der Waals surface area contributed by atoms with Gasteiger partial charge in [-0.15, -0.1) is 0 Å². The highest BCUT2D eigenvalue weighted by atomic mass is 16.1. The van der Waals surface area contributed by atoms with Crippen LogP contribution in [0.3, 0.4) is 0 Å². The fraction of sp³-hybridized carbons (Fsp3) is 0.300. The second-order valence-corrected chi connectivity index (χ2v) is 6.76. The Hall–Kier alpha value is -2.86. The van der Waals surface area contributed by atoms with Gasteiger partial charge in [0.15, 0.2) is 0 Å². The number of likely N-dealkylation sites (N-methyl/N-ethyl adjacent to an activating group) is 1. The summed E-state index contributed by atoms with van der Waals surface area (Å²) in [6.07, 6.45) is 0. The molecule has 0 saturated heterocycles. The van der Waals surface area contributed by atoms with Crippen LogP contribution in [0.4, 0.5) is 5.95 Å². The Kier molecular flexibility index (Phi) is 4.12. The molecule has 26 heavy (non-hydrogen) atoms. The SMILES string of the molecule is CCn1c(N)nc2cc(C(=O)NCC3c4ccccc4CN3C)ccc21. The molecule has 0 fully saturated rings. The van der Waals surface area contributed by atoms with Crippen molar-refractivity contribution in [2.24, 2.45) is 0 Å². The van der Waals surface area contributed by atoms with Crippen LogP contribution in [0.5, 0.6) is 0 Å². The number of nitrogens with zero attached hydrogens (tertiary/aromatic N) is 3. The smallest absolute Gasteiger partial charge is 0.251 e. The van der Waals surface area contributed by atoms with Gasteiger partial charge in [-0.1, -0.05) is 24.3 Å². The van der Waals surface area contributed by atoms with Crippen LogP contribution in [0.1, 0.15) is 34.5 Å². The molecule has 1 amide bonds. The van der Waals surface area contributed by atoms with Crippen LogP contribution >= 0.6 is 0 Å². The van der Waals surface area contributed by atoms with Crippen molar-refractivity contribution in [1.82, 2.24) is 19.8 Å². The number of aromatic nitrogens is 2. The van der Waals surface area contributed by atoms with E-state index in [1.807, 2.05) is 23.6 Å². The molecule has 1 atom stereocenters. The Bertz CT molecular complexity index is 977. The molecule has 2 aromatic carbocycles. The Labute approximate surface area is 152 Å². The minimum absolute atomic E-state index is 0.0886. The van der Waals surface area contributed by atoms with E-state index in [0.29, 0.717) is 18.1 Å².